The molecule has 2 rings (SSSR count). The van der Waals surface area contributed by atoms with E-state index in [0.717, 1.165) is 0 Å². The van der Waals surface area contributed by atoms with E-state index in [1.807, 2.05) is 25.9 Å². The van der Waals surface area contributed by atoms with Gasteiger partial charge >= 0.3 is 12.2 Å². The second-order valence-electron chi connectivity index (χ2n) is 12.3. The SMILES string of the molecule is CO[C@H]1/C=C\C=C(/C)C(=O)NC2=CC(OC(=O)O)C(NCCN(C)C)=C(C[C@@H](C)C[C@H](OC)[C@H](O)[C@@H](C)/C=C(\C)[C@@H]1OC(N)=O)C2O. The van der Waals surface area contributed by atoms with Gasteiger partial charge in [-0.25, -0.2) is 9.59 Å². The molecule has 0 radical (unpaired) electrons. The molecule has 7 N–H and O–H groups in total. The maximum absolute atomic E-state index is 13.3. The first-order valence-electron chi connectivity index (χ1n) is 15.5. The first-order valence-corrected chi connectivity index (χ1v) is 15.5. The van der Waals surface area contributed by atoms with Gasteiger partial charge in [0.2, 0.25) is 0 Å². The first-order chi connectivity index (χ1) is 22.1. The lowest BCUT2D eigenvalue weighted by molar-refractivity contribution is -0.117. The molecule has 2 unspecified atom stereocenters. The zero-order chi connectivity index (χ0) is 35.4. The van der Waals surface area contributed by atoms with Crippen LogP contribution in [0.2, 0.25) is 0 Å². The molecule has 2 aliphatic rings. The number of allylic oxidation sites excluding steroid dienone is 2. The number of rotatable bonds is 8. The summed E-state index contributed by atoms with van der Waals surface area (Å²) in [7, 11) is 6.72. The minimum Gasteiger partial charge on any atom is -0.450 e. The van der Waals surface area contributed by atoms with Gasteiger partial charge in [-0.1, -0.05) is 38.2 Å². The Hall–Kier alpha value is -3.69. The van der Waals surface area contributed by atoms with Gasteiger partial charge in [0.15, 0.2) is 12.2 Å². The first kappa shape index (κ1) is 39.5. The monoisotopic (exact) mass is 664 g/mol. The largest absolute Gasteiger partial charge is 0.506 e. The van der Waals surface area contributed by atoms with E-state index in [2.05, 4.69) is 10.6 Å². The average molecular weight is 665 g/mol. The Kier molecular flexibility index (Phi) is 15.6. The summed E-state index contributed by atoms with van der Waals surface area (Å²) in [6.45, 7) is 8.08. The van der Waals surface area contributed by atoms with Crippen molar-refractivity contribution in [2.24, 2.45) is 17.6 Å². The van der Waals surface area contributed by atoms with Crippen LogP contribution in [0.25, 0.3) is 0 Å². The molecule has 14 heteroatoms. The molecule has 0 aromatic heterocycles. The second kappa shape index (κ2) is 18.6. The Morgan fingerprint density at radius 2 is 1.79 bits per heavy atom. The van der Waals surface area contributed by atoms with E-state index >= 15 is 0 Å². The van der Waals surface area contributed by atoms with E-state index in [1.165, 1.54) is 26.4 Å². The van der Waals surface area contributed by atoms with Crippen LogP contribution in [0, 0.1) is 11.8 Å². The van der Waals surface area contributed by atoms with Crippen LogP contribution in [0.5, 0.6) is 0 Å². The van der Waals surface area contributed by atoms with E-state index in [9.17, 15) is 29.7 Å². The molecule has 0 saturated carbocycles. The lowest BCUT2D eigenvalue weighted by atomic mass is 9.84. The molecule has 14 nitrogen and oxygen atoms in total. The second-order valence-corrected chi connectivity index (χ2v) is 12.3. The lowest BCUT2D eigenvalue weighted by Gasteiger charge is -2.34. The maximum Gasteiger partial charge on any atom is 0.506 e. The molecule has 0 aromatic carbocycles. The highest BCUT2D eigenvalue weighted by atomic mass is 16.7. The molecular weight excluding hydrogens is 612 g/mol. The standard InChI is InChI=1S/C33H52N4O10/c1-18-14-22-27(35-12-13-37(5)6)25(46-33(42)43)17-23(29(22)39)36-31(40)19(2)10-9-11-24(44-7)30(47-32(34)41)21(4)16-20(3)28(38)26(15-18)45-8/h9-11,16-18,20,24-26,28-30,35,38-39H,12-15H2,1-8H3,(H2,34,41)(H,36,40)(H,42,43)/b11-9-,19-10+,21-16+/t18-,20+,24+,25?,26+,28-,29?,30+/m1/s1. The van der Waals surface area contributed by atoms with Crippen molar-refractivity contribution in [2.45, 2.75) is 77.2 Å². The van der Waals surface area contributed by atoms with E-state index in [-0.39, 0.29) is 23.6 Å². The molecule has 1 aliphatic heterocycles. The number of primary amides is 1. The average Bonchev–Trinajstić information content (AvgIpc) is 2.99. The Labute approximate surface area is 276 Å². The highest BCUT2D eigenvalue weighted by molar-refractivity contribution is 5.94. The van der Waals surface area contributed by atoms with E-state index in [0.29, 0.717) is 36.4 Å². The fourth-order valence-electron chi connectivity index (χ4n) is 5.66. The Morgan fingerprint density at radius 1 is 1.11 bits per heavy atom. The normalized spacial score (nSPS) is 32.7. The minimum absolute atomic E-state index is 0.0673. The number of carboxylic acid groups (broad SMARTS) is 1. The van der Waals surface area contributed by atoms with Crippen molar-refractivity contribution in [2.75, 3.05) is 41.4 Å². The smallest absolute Gasteiger partial charge is 0.450 e. The van der Waals surface area contributed by atoms with Gasteiger partial charge in [0.25, 0.3) is 5.91 Å². The number of aliphatic hydroxyl groups is 2. The minimum atomic E-state index is -1.52. The van der Waals surface area contributed by atoms with Crippen LogP contribution in [-0.2, 0) is 23.7 Å². The van der Waals surface area contributed by atoms with Gasteiger partial charge in [0.1, 0.15) is 12.2 Å². The Balaban J connectivity index is 2.69. The molecule has 1 aliphatic carbocycles. The summed E-state index contributed by atoms with van der Waals surface area (Å²) in [5.41, 5.74) is 7.11. The third-order valence-corrected chi connectivity index (χ3v) is 8.17. The molecular formula is C33H52N4O10. The summed E-state index contributed by atoms with van der Waals surface area (Å²) in [5, 5.41) is 38.5. The molecule has 2 amide bonds. The molecule has 0 aromatic rings. The fourth-order valence-corrected chi connectivity index (χ4v) is 5.66. The third-order valence-electron chi connectivity index (χ3n) is 8.17. The van der Waals surface area contributed by atoms with Gasteiger partial charge in [-0.2, -0.15) is 0 Å². The molecule has 264 valence electrons. The molecule has 0 spiro atoms. The van der Waals surface area contributed by atoms with Gasteiger partial charge in [0, 0.05) is 38.8 Å². The number of hydrogen-bond acceptors (Lipinski definition) is 11. The topological polar surface area (TPSA) is 202 Å². The van der Waals surface area contributed by atoms with Crippen molar-refractivity contribution in [1.82, 2.24) is 15.5 Å². The number of likely N-dealkylation sites (N-methyl/N-ethyl adjacent to an activating group) is 1. The summed E-state index contributed by atoms with van der Waals surface area (Å²) in [6, 6.07) is 0. The number of aliphatic hydroxyl groups excluding tert-OH is 2. The predicted molar refractivity (Wildman–Crippen MR) is 175 cm³/mol. The van der Waals surface area contributed by atoms with Crippen LogP contribution in [0.3, 0.4) is 0 Å². The number of nitrogens with one attached hydrogen (secondary N) is 2. The quantitative estimate of drug-likeness (QED) is 0.163. The third kappa shape index (κ3) is 11.8. The van der Waals surface area contributed by atoms with E-state index in [4.69, 9.17) is 24.7 Å². The summed E-state index contributed by atoms with van der Waals surface area (Å²) in [5.74, 6) is -1.20. The van der Waals surface area contributed by atoms with Crippen LogP contribution in [0.1, 0.15) is 40.5 Å². The zero-order valence-electron chi connectivity index (χ0n) is 28.6. The maximum atomic E-state index is 13.3. The number of fused-ring (bicyclic) bond motifs is 2. The van der Waals surface area contributed by atoms with Crippen molar-refractivity contribution in [3.05, 3.63) is 58.5 Å². The van der Waals surface area contributed by atoms with Gasteiger partial charge in [-0.3, -0.25) is 4.79 Å². The number of methoxy groups -OCH3 is 2. The molecule has 2 bridgehead atoms. The summed E-state index contributed by atoms with van der Waals surface area (Å²) in [6.07, 6.45) is 0.140. The number of amides is 2. The van der Waals surface area contributed by atoms with Crippen LogP contribution in [0.15, 0.2) is 58.5 Å². The van der Waals surface area contributed by atoms with Crippen molar-refractivity contribution in [3.8, 4) is 0 Å². The zero-order valence-corrected chi connectivity index (χ0v) is 28.6. The number of hydrogen-bond donors (Lipinski definition) is 6. The van der Waals surface area contributed by atoms with E-state index in [1.54, 1.807) is 39.0 Å². The summed E-state index contributed by atoms with van der Waals surface area (Å²) in [4.78, 5) is 38.7. The van der Waals surface area contributed by atoms with Gasteiger partial charge in [0.05, 0.1) is 23.6 Å². The number of carbonyl (C=O) groups is 3. The lowest BCUT2D eigenvalue weighted by Crippen LogP contribution is -2.42. The van der Waals surface area contributed by atoms with Crippen molar-refractivity contribution >= 4 is 18.2 Å². The molecule has 0 saturated heterocycles. The molecule has 8 atom stereocenters. The van der Waals surface area contributed by atoms with Crippen molar-refractivity contribution < 1.29 is 48.7 Å². The highest BCUT2D eigenvalue weighted by Crippen LogP contribution is 2.32. The Morgan fingerprint density at radius 3 is 2.36 bits per heavy atom. The Bertz CT molecular complexity index is 1260. The van der Waals surface area contributed by atoms with Crippen LogP contribution < -0.4 is 16.4 Å². The summed E-state index contributed by atoms with van der Waals surface area (Å²) < 4.78 is 21.9. The van der Waals surface area contributed by atoms with Gasteiger partial charge < -0.3 is 55.5 Å². The van der Waals surface area contributed by atoms with Crippen LogP contribution in [-0.4, -0.2) is 116 Å². The number of carbonyl (C=O) groups excluding carboxylic acids is 2. The number of nitrogens with zero attached hydrogens (tertiary/aromatic N) is 1. The molecule has 1 heterocycles. The number of nitrogens with two attached hydrogens (primary N) is 1. The van der Waals surface area contributed by atoms with Gasteiger partial charge in [-0.05, 0) is 63.9 Å². The summed E-state index contributed by atoms with van der Waals surface area (Å²) >= 11 is 0. The van der Waals surface area contributed by atoms with Crippen LogP contribution >= 0.6 is 0 Å². The van der Waals surface area contributed by atoms with Crippen LogP contribution in [0.4, 0.5) is 9.59 Å². The fraction of sp³-hybridized carbons (Fsp3) is 0.606. The predicted octanol–water partition coefficient (Wildman–Crippen LogP) is 2.20. The number of ether oxygens (including phenoxy) is 4. The molecule has 0 fully saturated rings. The van der Waals surface area contributed by atoms with Gasteiger partial charge in [-0.15, -0.1) is 0 Å². The van der Waals surface area contributed by atoms with Crippen molar-refractivity contribution in [3.63, 3.8) is 0 Å². The highest BCUT2D eigenvalue weighted by Gasteiger charge is 2.35. The van der Waals surface area contributed by atoms with Crippen molar-refractivity contribution in [1.29, 1.82) is 0 Å². The van der Waals surface area contributed by atoms with E-state index < -0.39 is 60.7 Å². The molecule has 47 heavy (non-hydrogen) atoms.